The molecule has 0 spiro atoms. The zero-order chi connectivity index (χ0) is 27.8. The number of hydrogen-bond acceptors (Lipinski definition) is 2. The number of carbonyl (C=O) groups excluding carboxylic acids is 1. The predicted octanol–water partition coefficient (Wildman–Crippen LogP) is 9.95. The molecule has 3 fully saturated rings. The largest absolute Gasteiger partial charge is 0.461 e. The van der Waals surface area contributed by atoms with Gasteiger partial charge in [0.25, 0.3) is 0 Å². The average Bonchev–Trinajstić information content (AvgIpc) is 3.26. The molecular weight excluding hydrogens is 544 g/mol. The molecule has 0 bridgehead atoms. The summed E-state index contributed by atoms with van der Waals surface area (Å²) >= 11 is 3.61. The monoisotopic (exact) mass is 596 g/mol. The van der Waals surface area contributed by atoms with Gasteiger partial charge in [-0.2, -0.15) is 0 Å². The van der Waals surface area contributed by atoms with E-state index in [0.717, 1.165) is 53.9 Å². The van der Waals surface area contributed by atoms with Crippen molar-refractivity contribution in [2.75, 3.05) is 0 Å². The number of benzene rings is 1. The van der Waals surface area contributed by atoms with E-state index in [9.17, 15) is 4.79 Å². The summed E-state index contributed by atoms with van der Waals surface area (Å²) in [4.78, 5) is 12.7. The van der Waals surface area contributed by atoms with Gasteiger partial charge in [0.1, 0.15) is 10.9 Å². The maximum Gasteiger partial charge on any atom is 0.320 e. The zero-order valence-corrected chi connectivity index (χ0v) is 26.8. The molecule has 1 aromatic rings. The Balaban J connectivity index is 1.21. The van der Waals surface area contributed by atoms with Gasteiger partial charge in [-0.25, -0.2) is 0 Å². The Hall–Kier alpha value is -1.09. The summed E-state index contributed by atoms with van der Waals surface area (Å²) in [6, 6.07) is 10.2. The number of alkyl halides is 1. The molecule has 0 aliphatic heterocycles. The van der Waals surface area contributed by atoms with Gasteiger partial charge in [0.05, 0.1) is 0 Å². The quantitative estimate of drug-likeness (QED) is 0.161. The van der Waals surface area contributed by atoms with E-state index in [0.29, 0.717) is 17.3 Å². The van der Waals surface area contributed by atoms with Crippen molar-refractivity contribution >= 4 is 21.9 Å². The summed E-state index contributed by atoms with van der Waals surface area (Å²) < 4.78 is 6.10. The van der Waals surface area contributed by atoms with Crippen molar-refractivity contribution in [3.63, 3.8) is 0 Å². The van der Waals surface area contributed by atoms with E-state index in [1.807, 2.05) is 18.2 Å². The Morgan fingerprint density at radius 2 is 1.77 bits per heavy atom. The van der Waals surface area contributed by atoms with Gasteiger partial charge in [-0.1, -0.05) is 112 Å². The number of allylic oxidation sites excluding steroid dienone is 1. The first-order valence-electron chi connectivity index (χ1n) is 16.2. The van der Waals surface area contributed by atoms with E-state index in [4.69, 9.17) is 4.74 Å². The highest BCUT2D eigenvalue weighted by molar-refractivity contribution is 9.10. The van der Waals surface area contributed by atoms with Gasteiger partial charge in [-0.05, 0) is 103 Å². The maximum absolute atomic E-state index is 12.9. The maximum atomic E-state index is 12.9. The van der Waals surface area contributed by atoms with Crippen LogP contribution in [0.5, 0.6) is 0 Å². The van der Waals surface area contributed by atoms with Crippen LogP contribution in [0.3, 0.4) is 0 Å². The molecule has 3 heteroatoms. The molecule has 9 atom stereocenters. The van der Waals surface area contributed by atoms with Gasteiger partial charge in [0.15, 0.2) is 0 Å². The summed E-state index contributed by atoms with van der Waals surface area (Å²) in [6.07, 6.45) is 17.6. The highest BCUT2D eigenvalue weighted by Crippen LogP contribution is 2.67. The van der Waals surface area contributed by atoms with E-state index in [1.165, 1.54) is 57.8 Å². The fraction of sp³-hybridized carbons (Fsp3) is 0.750. The molecule has 0 heterocycles. The number of carbonyl (C=O) groups is 1. The first kappa shape index (κ1) is 29.4. The van der Waals surface area contributed by atoms with Crippen LogP contribution < -0.4 is 0 Å². The van der Waals surface area contributed by atoms with Crippen LogP contribution in [0.25, 0.3) is 0 Å². The van der Waals surface area contributed by atoms with E-state index in [-0.39, 0.29) is 16.9 Å². The van der Waals surface area contributed by atoms with Crippen molar-refractivity contribution in [2.24, 2.45) is 46.3 Å². The molecule has 2 nitrogen and oxygen atoms in total. The first-order valence-corrected chi connectivity index (χ1v) is 17.1. The molecule has 1 aromatic carbocycles. The minimum atomic E-state index is -0.281. The van der Waals surface area contributed by atoms with E-state index in [2.05, 4.69) is 68.8 Å². The second-order valence-corrected chi connectivity index (χ2v) is 15.9. The zero-order valence-electron chi connectivity index (χ0n) is 25.3. The molecule has 4 aliphatic carbocycles. The van der Waals surface area contributed by atoms with Crippen molar-refractivity contribution < 1.29 is 9.53 Å². The third-order valence-electron chi connectivity index (χ3n) is 12.1. The van der Waals surface area contributed by atoms with Crippen LogP contribution in [-0.2, 0) is 16.0 Å². The lowest BCUT2D eigenvalue weighted by atomic mass is 9.47. The first-order chi connectivity index (χ1) is 18.6. The second-order valence-electron chi connectivity index (χ2n) is 14.7. The van der Waals surface area contributed by atoms with Crippen LogP contribution in [0.4, 0.5) is 0 Å². The third-order valence-corrected chi connectivity index (χ3v) is 12.8. The molecule has 216 valence electrons. The highest BCUT2D eigenvalue weighted by Gasteiger charge is 2.59. The van der Waals surface area contributed by atoms with E-state index >= 15 is 0 Å². The number of fused-ring (bicyclic) bond motifs is 5. The second kappa shape index (κ2) is 12.0. The van der Waals surface area contributed by atoms with Crippen LogP contribution in [0.2, 0.25) is 0 Å². The van der Waals surface area contributed by atoms with Gasteiger partial charge < -0.3 is 4.74 Å². The number of halogens is 1. The van der Waals surface area contributed by atoms with Crippen LogP contribution in [-0.4, -0.2) is 16.9 Å². The highest BCUT2D eigenvalue weighted by atomic mass is 79.9. The number of hydrogen-bond donors (Lipinski definition) is 0. The van der Waals surface area contributed by atoms with Crippen LogP contribution in [0.15, 0.2) is 42.0 Å². The fourth-order valence-corrected chi connectivity index (χ4v) is 10.4. The average molecular weight is 598 g/mol. The standard InChI is InChI=1S/C36H53BrO2/c1-24(2)10-9-11-25(3)30-16-17-31-29-15-14-27-23-28(18-20-35(27,4)32(29)19-21-36(30,31)5)39-34(38)33(37)22-26-12-7-6-8-13-26/h6-8,12-14,24-25,28-33H,9-11,15-23H2,1-5H3/t25-,28+,29+,30-,31-,32+,33-,35+,36-/m1/s1. The molecule has 0 saturated heterocycles. The van der Waals surface area contributed by atoms with Crippen molar-refractivity contribution in [3.8, 4) is 0 Å². The Bertz CT molecular complexity index is 1020. The normalized spacial score (nSPS) is 37.3. The van der Waals surface area contributed by atoms with Gasteiger partial charge in [-0.3, -0.25) is 4.79 Å². The van der Waals surface area contributed by atoms with Crippen molar-refractivity contribution in [1.82, 2.24) is 0 Å². The summed E-state index contributed by atoms with van der Waals surface area (Å²) in [5, 5.41) is 0. The molecule has 0 amide bonds. The number of rotatable bonds is 9. The molecule has 0 aromatic heterocycles. The van der Waals surface area contributed by atoms with Gasteiger partial charge in [0, 0.05) is 6.42 Å². The van der Waals surface area contributed by atoms with Crippen LogP contribution in [0.1, 0.15) is 111 Å². The molecule has 0 radical (unpaired) electrons. The third kappa shape index (κ3) is 5.96. The number of esters is 1. The summed E-state index contributed by atoms with van der Waals surface area (Å²) in [5.41, 5.74) is 3.60. The minimum absolute atomic E-state index is 0.0283. The smallest absolute Gasteiger partial charge is 0.320 e. The molecular formula is C36H53BrO2. The van der Waals surface area contributed by atoms with E-state index in [1.54, 1.807) is 5.57 Å². The Morgan fingerprint density at radius 3 is 2.51 bits per heavy atom. The van der Waals surface area contributed by atoms with E-state index < -0.39 is 0 Å². The molecule has 0 unspecified atom stereocenters. The lowest BCUT2D eigenvalue weighted by Gasteiger charge is -2.58. The molecule has 3 saturated carbocycles. The Kier molecular flexibility index (Phi) is 9.07. The minimum Gasteiger partial charge on any atom is -0.461 e. The Labute approximate surface area is 247 Å². The van der Waals surface area contributed by atoms with Crippen LogP contribution >= 0.6 is 15.9 Å². The van der Waals surface area contributed by atoms with Gasteiger partial charge in [0.2, 0.25) is 0 Å². The molecule has 0 N–H and O–H groups in total. The molecule has 39 heavy (non-hydrogen) atoms. The SMILES string of the molecule is CC(C)CCC[C@@H](C)[C@H]1CC[C@@H]2[C@@H]3CC=C4C[C@@H](OC(=O)[C@H](Br)Cc5ccccc5)CC[C@]4(C)[C@H]3CC[C@@]21C. The molecule has 4 aliphatic rings. The van der Waals surface area contributed by atoms with Crippen molar-refractivity contribution in [1.29, 1.82) is 0 Å². The van der Waals surface area contributed by atoms with Crippen LogP contribution in [0, 0.1) is 46.3 Å². The Morgan fingerprint density at radius 1 is 1.00 bits per heavy atom. The lowest BCUT2D eigenvalue weighted by molar-refractivity contribution is -0.150. The lowest BCUT2D eigenvalue weighted by Crippen LogP contribution is -2.51. The molecule has 5 rings (SSSR count). The summed E-state index contributed by atoms with van der Waals surface area (Å²) in [5.74, 6) is 5.06. The fourth-order valence-electron chi connectivity index (χ4n) is 9.90. The number of ether oxygens (including phenoxy) is 1. The topological polar surface area (TPSA) is 26.3 Å². The summed E-state index contributed by atoms with van der Waals surface area (Å²) in [6.45, 7) is 12.6. The summed E-state index contributed by atoms with van der Waals surface area (Å²) in [7, 11) is 0. The van der Waals surface area contributed by atoms with Crippen molar-refractivity contribution in [2.45, 2.75) is 123 Å². The van der Waals surface area contributed by atoms with Gasteiger partial charge >= 0.3 is 5.97 Å². The van der Waals surface area contributed by atoms with Gasteiger partial charge in [-0.15, -0.1) is 0 Å². The van der Waals surface area contributed by atoms with Crippen molar-refractivity contribution in [3.05, 3.63) is 47.5 Å². The predicted molar refractivity (Wildman–Crippen MR) is 166 cm³/mol.